The number of hydrogen-bond donors (Lipinski definition) is 1. The molecule has 0 unspecified atom stereocenters. The lowest BCUT2D eigenvalue weighted by atomic mass is 9.84. The zero-order valence-corrected chi connectivity index (χ0v) is 11.7. The van der Waals surface area contributed by atoms with Crippen LogP contribution < -0.4 is 4.74 Å². The van der Waals surface area contributed by atoms with Gasteiger partial charge in [0.25, 0.3) is 0 Å². The average Bonchev–Trinajstić information content (AvgIpc) is 2.21. The van der Waals surface area contributed by atoms with E-state index in [1.807, 2.05) is 20.8 Å². The van der Waals surface area contributed by atoms with Crippen molar-refractivity contribution < 1.29 is 14.6 Å². The highest BCUT2D eigenvalue weighted by Gasteiger charge is 2.30. The fourth-order valence-corrected chi connectivity index (χ4v) is 2.27. The van der Waals surface area contributed by atoms with E-state index in [0.717, 1.165) is 5.56 Å². The summed E-state index contributed by atoms with van der Waals surface area (Å²) < 4.78 is 5.43. The summed E-state index contributed by atoms with van der Waals surface area (Å²) in [6, 6.07) is 3.27. The molecule has 0 fully saturated rings. The van der Waals surface area contributed by atoms with Gasteiger partial charge in [0.2, 0.25) is 0 Å². The lowest BCUT2D eigenvalue weighted by molar-refractivity contribution is 0.0946. The molecule has 3 nitrogen and oxygen atoms in total. The van der Waals surface area contributed by atoms with E-state index in [-0.39, 0.29) is 21.8 Å². The van der Waals surface area contributed by atoms with Crippen molar-refractivity contribution >= 4 is 21.7 Å². The summed E-state index contributed by atoms with van der Waals surface area (Å²) in [5.41, 5.74) is 1.09. The lowest BCUT2D eigenvalue weighted by Crippen LogP contribution is -2.28. The number of Topliss-reactive ketones (excluding diaryl/α,β-unsaturated/α-hetero) is 1. The van der Waals surface area contributed by atoms with E-state index in [1.165, 1.54) is 6.07 Å². The van der Waals surface area contributed by atoms with Crippen LogP contribution in [0.3, 0.4) is 0 Å². The molecular weight excluding hydrogens is 284 g/mol. The summed E-state index contributed by atoms with van der Waals surface area (Å²) in [5, 5.41) is 9.95. The molecule has 1 aliphatic heterocycles. The van der Waals surface area contributed by atoms with Crippen molar-refractivity contribution in [3.63, 3.8) is 0 Å². The van der Waals surface area contributed by atoms with Crippen molar-refractivity contribution in [2.45, 2.75) is 31.0 Å². The van der Waals surface area contributed by atoms with Crippen molar-refractivity contribution in [1.82, 2.24) is 0 Å². The third kappa shape index (κ3) is 2.18. The third-order valence-electron chi connectivity index (χ3n) is 2.84. The molecule has 92 valence electrons. The van der Waals surface area contributed by atoms with Gasteiger partial charge in [-0.05, 0) is 11.5 Å². The zero-order valence-electron chi connectivity index (χ0n) is 10.1. The molecule has 0 saturated carbocycles. The van der Waals surface area contributed by atoms with E-state index in [2.05, 4.69) is 15.9 Å². The Morgan fingerprint density at radius 3 is 2.65 bits per heavy atom. The maximum atomic E-state index is 12.0. The molecule has 0 aromatic heterocycles. The second-order valence-electron chi connectivity index (χ2n) is 5.26. The fourth-order valence-electron chi connectivity index (χ4n) is 1.89. The minimum Gasteiger partial charge on any atom is -0.508 e. The number of benzene rings is 1. The van der Waals surface area contributed by atoms with Crippen molar-refractivity contribution in [3.05, 3.63) is 23.3 Å². The summed E-state index contributed by atoms with van der Waals surface area (Å²) in [6.45, 7) is 6.29. The van der Waals surface area contributed by atoms with Gasteiger partial charge in [0.15, 0.2) is 5.78 Å². The monoisotopic (exact) mass is 298 g/mol. The first-order chi connectivity index (χ1) is 7.80. The number of hydrogen-bond acceptors (Lipinski definition) is 3. The number of aromatic hydroxyl groups is 1. The molecule has 2 rings (SSSR count). The lowest BCUT2D eigenvalue weighted by Gasteiger charge is -2.25. The number of carbonyl (C=O) groups is 1. The second-order valence-corrected chi connectivity index (χ2v) is 6.36. The van der Waals surface area contributed by atoms with Gasteiger partial charge in [0.05, 0.1) is 5.56 Å². The van der Waals surface area contributed by atoms with E-state index >= 15 is 0 Å². The SMILES string of the molecule is CC(C)(C)c1cc2c(cc1O)OC[C@H](Br)C2=O. The Balaban J connectivity index is 2.58. The molecule has 0 aliphatic carbocycles. The number of phenols is 1. The van der Waals surface area contributed by atoms with Crippen molar-refractivity contribution in [2.24, 2.45) is 0 Å². The first-order valence-corrected chi connectivity index (χ1v) is 6.41. The number of halogens is 1. The van der Waals surface area contributed by atoms with Gasteiger partial charge in [-0.25, -0.2) is 0 Å². The van der Waals surface area contributed by atoms with E-state index in [9.17, 15) is 9.90 Å². The van der Waals surface area contributed by atoms with Gasteiger partial charge in [-0.3, -0.25) is 4.79 Å². The zero-order chi connectivity index (χ0) is 12.8. The first-order valence-electron chi connectivity index (χ1n) is 5.49. The summed E-state index contributed by atoms with van der Waals surface area (Å²) in [7, 11) is 0. The largest absolute Gasteiger partial charge is 0.508 e. The fraction of sp³-hybridized carbons (Fsp3) is 0.462. The van der Waals surface area contributed by atoms with Crippen LogP contribution in [-0.4, -0.2) is 22.3 Å². The average molecular weight is 299 g/mol. The maximum Gasteiger partial charge on any atom is 0.183 e. The predicted molar refractivity (Wildman–Crippen MR) is 69.3 cm³/mol. The van der Waals surface area contributed by atoms with Gasteiger partial charge in [0, 0.05) is 11.6 Å². The number of alkyl halides is 1. The van der Waals surface area contributed by atoms with Gasteiger partial charge in [-0.2, -0.15) is 0 Å². The van der Waals surface area contributed by atoms with Crippen LogP contribution in [0.2, 0.25) is 0 Å². The molecule has 0 spiro atoms. The van der Waals surface area contributed by atoms with E-state index in [4.69, 9.17) is 4.74 Å². The normalized spacial score (nSPS) is 19.8. The van der Waals surface area contributed by atoms with Crippen LogP contribution >= 0.6 is 15.9 Å². The van der Waals surface area contributed by atoms with Gasteiger partial charge >= 0.3 is 0 Å². The highest BCUT2D eigenvalue weighted by atomic mass is 79.9. The topological polar surface area (TPSA) is 46.5 Å². The summed E-state index contributed by atoms with van der Waals surface area (Å²) >= 11 is 3.28. The molecule has 0 bridgehead atoms. The molecule has 1 aliphatic rings. The van der Waals surface area contributed by atoms with E-state index < -0.39 is 0 Å². The van der Waals surface area contributed by atoms with Crippen LogP contribution in [0.4, 0.5) is 0 Å². The van der Waals surface area contributed by atoms with Crippen LogP contribution in [0.5, 0.6) is 11.5 Å². The van der Waals surface area contributed by atoms with Crippen LogP contribution in [-0.2, 0) is 5.41 Å². The Labute approximate surface area is 109 Å². The van der Waals surface area contributed by atoms with Crippen molar-refractivity contribution in [3.8, 4) is 11.5 Å². The minimum absolute atomic E-state index is 0.0109. The molecular formula is C13H15BrO3. The van der Waals surface area contributed by atoms with Gasteiger partial charge in [0.1, 0.15) is 22.9 Å². The summed E-state index contributed by atoms with van der Waals surface area (Å²) in [6.07, 6.45) is 0. The molecule has 4 heteroatoms. The van der Waals surface area contributed by atoms with E-state index in [1.54, 1.807) is 6.07 Å². The number of fused-ring (bicyclic) bond motifs is 1. The standard InChI is InChI=1S/C13H15BrO3/c1-13(2,3)8-4-7-11(5-10(8)15)17-6-9(14)12(7)16/h4-5,9,15H,6H2,1-3H3/t9-/m0/s1. The number of ketones is 1. The molecule has 0 radical (unpaired) electrons. The van der Waals surface area contributed by atoms with Gasteiger partial charge in [-0.15, -0.1) is 0 Å². The molecule has 0 amide bonds. The quantitative estimate of drug-likeness (QED) is 0.749. The Hall–Kier alpha value is -1.03. The van der Waals surface area contributed by atoms with Crippen LogP contribution in [0, 0.1) is 0 Å². The second kappa shape index (κ2) is 4.02. The molecule has 1 aromatic rings. The van der Waals surface area contributed by atoms with Crippen LogP contribution in [0.15, 0.2) is 12.1 Å². The molecule has 1 heterocycles. The predicted octanol–water partition coefficient (Wildman–Crippen LogP) is 3.03. The van der Waals surface area contributed by atoms with Crippen molar-refractivity contribution in [1.29, 1.82) is 0 Å². The Bertz CT molecular complexity index is 474. The summed E-state index contributed by atoms with van der Waals surface area (Å²) in [4.78, 5) is 11.7. The Morgan fingerprint density at radius 1 is 1.41 bits per heavy atom. The molecule has 1 aromatic carbocycles. The summed E-state index contributed by atoms with van der Waals surface area (Å²) in [5.74, 6) is 0.657. The Kier molecular flexibility index (Phi) is 2.94. The maximum absolute atomic E-state index is 12.0. The Morgan fingerprint density at radius 2 is 2.06 bits per heavy atom. The van der Waals surface area contributed by atoms with Gasteiger partial charge in [-0.1, -0.05) is 36.7 Å². The third-order valence-corrected chi connectivity index (χ3v) is 3.52. The van der Waals surface area contributed by atoms with Crippen LogP contribution in [0.1, 0.15) is 36.7 Å². The van der Waals surface area contributed by atoms with Gasteiger partial charge < -0.3 is 9.84 Å². The van der Waals surface area contributed by atoms with E-state index in [0.29, 0.717) is 17.9 Å². The number of rotatable bonds is 0. The molecule has 1 atom stereocenters. The molecule has 0 saturated heterocycles. The molecule has 1 N–H and O–H groups in total. The highest BCUT2D eigenvalue weighted by molar-refractivity contribution is 9.10. The smallest absolute Gasteiger partial charge is 0.183 e. The van der Waals surface area contributed by atoms with Crippen molar-refractivity contribution in [2.75, 3.05) is 6.61 Å². The minimum atomic E-state index is -0.299. The highest BCUT2D eigenvalue weighted by Crippen LogP contribution is 2.38. The number of ether oxygens (including phenoxy) is 1. The number of phenolic OH excluding ortho intramolecular Hbond substituents is 1. The van der Waals surface area contributed by atoms with Crippen LogP contribution in [0.25, 0.3) is 0 Å². The molecule has 17 heavy (non-hydrogen) atoms. The number of carbonyl (C=O) groups excluding carboxylic acids is 1. The first kappa shape index (κ1) is 12.4.